The second kappa shape index (κ2) is 7.67. The van der Waals surface area contributed by atoms with E-state index in [4.69, 9.17) is 17.3 Å². The van der Waals surface area contributed by atoms with Crippen LogP contribution in [0.25, 0.3) is 0 Å². The molecule has 2 atom stereocenters. The molecule has 0 amide bonds. The van der Waals surface area contributed by atoms with Gasteiger partial charge < -0.3 is 10.5 Å². The molecule has 0 aliphatic carbocycles. The fourth-order valence-electron chi connectivity index (χ4n) is 1.58. The number of hydrogen-bond donors (Lipinski definition) is 1. The molecule has 2 unspecified atom stereocenters. The zero-order valence-electron chi connectivity index (χ0n) is 10.6. The summed E-state index contributed by atoms with van der Waals surface area (Å²) in [6.07, 6.45) is 0.839. The topological polar surface area (TPSA) is 52.3 Å². The molecular formula is C13H18ClNO2S. The Bertz CT molecular complexity index is 400. The molecule has 100 valence electrons. The second-order valence-electron chi connectivity index (χ2n) is 3.93. The van der Waals surface area contributed by atoms with Gasteiger partial charge in [0.15, 0.2) is 0 Å². The normalized spacial score (nSPS) is 14.0. The molecule has 1 aromatic carbocycles. The molecule has 0 saturated carbocycles. The first-order chi connectivity index (χ1) is 8.58. The van der Waals surface area contributed by atoms with Crippen molar-refractivity contribution in [1.29, 1.82) is 0 Å². The lowest BCUT2D eigenvalue weighted by Crippen LogP contribution is -2.26. The molecule has 0 aliphatic rings. The molecule has 0 radical (unpaired) electrons. The van der Waals surface area contributed by atoms with Crippen LogP contribution in [0.3, 0.4) is 0 Å². The standard InChI is InChI=1S/C13H18ClNO2S/c1-3-11(15)13(18-8-12(16)17-2)9-5-4-6-10(14)7-9/h4-7,11,13H,3,8,15H2,1-2H3. The number of methoxy groups -OCH3 is 1. The zero-order valence-corrected chi connectivity index (χ0v) is 12.1. The molecule has 5 heteroatoms. The van der Waals surface area contributed by atoms with Crippen LogP contribution in [-0.2, 0) is 9.53 Å². The lowest BCUT2D eigenvalue weighted by Gasteiger charge is -2.22. The van der Waals surface area contributed by atoms with E-state index in [9.17, 15) is 4.79 Å². The average Bonchev–Trinajstić information content (AvgIpc) is 2.38. The first-order valence-corrected chi connectivity index (χ1v) is 7.20. The van der Waals surface area contributed by atoms with E-state index in [2.05, 4.69) is 4.74 Å². The van der Waals surface area contributed by atoms with Crippen LogP contribution < -0.4 is 5.73 Å². The van der Waals surface area contributed by atoms with Crippen molar-refractivity contribution in [2.24, 2.45) is 5.73 Å². The van der Waals surface area contributed by atoms with Gasteiger partial charge in [-0.15, -0.1) is 11.8 Å². The van der Waals surface area contributed by atoms with Crippen LogP contribution in [0.4, 0.5) is 0 Å². The van der Waals surface area contributed by atoms with Gasteiger partial charge >= 0.3 is 5.97 Å². The SMILES string of the molecule is CCC(N)C(SCC(=O)OC)c1cccc(Cl)c1. The molecule has 3 nitrogen and oxygen atoms in total. The van der Waals surface area contributed by atoms with E-state index in [1.807, 2.05) is 31.2 Å². The van der Waals surface area contributed by atoms with Crippen LogP contribution in [0.5, 0.6) is 0 Å². The molecule has 0 bridgehead atoms. The molecule has 1 aromatic rings. The van der Waals surface area contributed by atoms with Crippen molar-refractivity contribution in [3.8, 4) is 0 Å². The number of nitrogens with two attached hydrogens (primary N) is 1. The highest BCUT2D eigenvalue weighted by atomic mass is 35.5. The van der Waals surface area contributed by atoms with Crippen LogP contribution >= 0.6 is 23.4 Å². The van der Waals surface area contributed by atoms with Gasteiger partial charge in [0.2, 0.25) is 0 Å². The van der Waals surface area contributed by atoms with Crippen LogP contribution in [0, 0.1) is 0 Å². The number of thioether (sulfide) groups is 1. The summed E-state index contributed by atoms with van der Waals surface area (Å²) in [5, 5.41) is 0.729. The van der Waals surface area contributed by atoms with Crippen molar-refractivity contribution in [3.63, 3.8) is 0 Å². The molecular weight excluding hydrogens is 270 g/mol. The minimum Gasteiger partial charge on any atom is -0.468 e. The van der Waals surface area contributed by atoms with E-state index in [-0.39, 0.29) is 17.3 Å². The van der Waals surface area contributed by atoms with Crippen LogP contribution in [0.15, 0.2) is 24.3 Å². The molecule has 0 fully saturated rings. The van der Waals surface area contributed by atoms with Crippen LogP contribution in [-0.4, -0.2) is 24.9 Å². The Morgan fingerprint density at radius 1 is 1.56 bits per heavy atom. The van der Waals surface area contributed by atoms with Crippen LogP contribution in [0.1, 0.15) is 24.2 Å². The number of esters is 1. The summed E-state index contributed by atoms with van der Waals surface area (Å²) in [7, 11) is 1.39. The predicted octanol–water partition coefficient (Wildman–Crippen LogP) is 3.02. The van der Waals surface area contributed by atoms with Crippen molar-refractivity contribution < 1.29 is 9.53 Å². The fourth-order valence-corrected chi connectivity index (χ4v) is 2.99. The number of halogens is 1. The third kappa shape index (κ3) is 4.52. The quantitative estimate of drug-likeness (QED) is 0.817. The van der Waals surface area contributed by atoms with Gasteiger partial charge in [0.05, 0.1) is 12.9 Å². The minimum absolute atomic E-state index is 0.0156. The molecule has 0 aliphatic heterocycles. The molecule has 2 N–H and O–H groups in total. The Hall–Kier alpha value is -0.710. The number of carbonyl (C=O) groups excluding carboxylic acids is 1. The van der Waals surface area contributed by atoms with Gasteiger partial charge in [-0.1, -0.05) is 30.7 Å². The second-order valence-corrected chi connectivity index (χ2v) is 5.50. The number of carbonyl (C=O) groups is 1. The highest BCUT2D eigenvalue weighted by Gasteiger charge is 2.20. The summed E-state index contributed by atoms with van der Waals surface area (Å²) in [6, 6.07) is 7.58. The summed E-state index contributed by atoms with van der Waals surface area (Å²) in [4.78, 5) is 11.2. The monoisotopic (exact) mass is 287 g/mol. The maximum atomic E-state index is 11.2. The Morgan fingerprint density at radius 3 is 2.83 bits per heavy atom. The number of hydrogen-bond acceptors (Lipinski definition) is 4. The van der Waals surface area contributed by atoms with Crippen molar-refractivity contribution in [2.75, 3.05) is 12.9 Å². The lowest BCUT2D eigenvalue weighted by molar-refractivity contribution is -0.137. The van der Waals surface area contributed by atoms with Gasteiger partial charge in [0.25, 0.3) is 0 Å². The number of rotatable bonds is 6. The largest absolute Gasteiger partial charge is 0.468 e. The van der Waals surface area contributed by atoms with Crippen molar-refractivity contribution in [2.45, 2.75) is 24.6 Å². The summed E-state index contributed by atoms with van der Waals surface area (Å²) in [6.45, 7) is 2.03. The summed E-state index contributed by atoms with van der Waals surface area (Å²) in [5.74, 6) is 0.0526. The third-order valence-electron chi connectivity index (χ3n) is 2.65. The molecule has 1 rings (SSSR count). The van der Waals surface area contributed by atoms with Crippen molar-refractivity contribution in [1.82, 2.24) is 0 Å². The third-order valence-corrected chi connectivity index (χ3v) is 4.26. The van der Waals surface area contributed by atoms with Crippen molar-refractivity contribution >= 4 is 29.3 Å². The fraction of sp³-hybridized carbons (Fsp3) is 0.462. The smallest absolute Gasteiger partial charge is 0.315 e. The van der Waals surface area contributed by atoms with Gasteiger partial charge in [-0.25, -0.2) is 0 Å². The van der Waals surface area contributed by atoms with Gasteiger partial charge in [0, 0.05) is 16.3 Å². The Labute approximate surface area is 117 Å². The lowest BCUT2D eigenvalue weighted by atomic mass is 10.0. The Kier molecular flexibility index (Phi) is 6.54. The number of ether oxygens (including phenoxy) is 1. The highest BCUT2D eigenvalue weighted by molar-refractivity contribution is 8.00. The van der Waals surface area contributed by atoms with Gasteiger partial charge in [0.1, 0.15) is 0 Å². The first-order valence-electron chi connectivity index (χ1n) is 5.78. The van der Waals surface area contributed by atoms with Crippen LogP contribution in [0.2, 0.25) is 5.02 Å². The Morgan fingerprint density at radius 2 is 2.28 bits per heavy atom. The van der Waals surface area contributed by atoms with Gasteiger partial charge in [-0.3, -0.25) is 4.79 Å². The molecule has 0 heterocycles. The first kappa shape index (κ1) is 15.3. The van der Waals surface area contributed by atoms with E-state index in [1.54, 1.807) is 0 Å². The van der Waals surface area contributed by atoms with Gasteiger partial charge in [-0.05, 0) is 24.1 Å². The van der Waals surface area contributed by atoms with E-state index < -0.39 is 0 Å². The van der Waals surface area contributed by atoms with Gasteiger partial charge in [-0.2, -0.15) is 0 Å². The maximum Gasteiger partial charge on any atom is 0.315 e. The summed E-state index contributed by atoms with van der Waals surface area (Å²) >= 11 is 7.48. The average molecular weight is 288 g/mol. The van der Waals surface area contributed by atoms with E-state index in [1.165, 1.54) is 18.9 Å². The molecule has 0 aromatic heterocycles. The number of benzene rings is 1. The summed E-state index contributed by atoms with van der Waals surface area (Å²) < 4.78 is 4.65. The predicted molar refractivity (Wildman–Crippen MR) is 76.9 cm³/mol. The van der Waals surface area contributed by atoms with E-state index >= 15 is 0 Å². The molecule has 0 saturated heterocycles. The molecule has 18 heavy (non-hydrogen) atoms. The maximum absolute atomic E-state index is 11.2. The van der Waals surface area contributed by atoms with Crippen molar-refractivity contribution in [3.05, 3.63) is 34.9 Å². The zero-order chi connectivity index (χ0) is 13.5. The summed E-state index contributed by atoms with van der Waals surface area (Å²) in [5.41, 5.74) is 7.16. The van der Waals surface area contributed by atoms with E-state index in [0.29, 0.717) is 10.8 Å². The molecule has 0 spiro atoms. The Balaban J connectivity index is 2.81. The van der Waals surface area contributed by atoms with E-state index in [0.717, 1.165) is 12.0 Å². The minimum atomic E-state index is -0.240. The highest BCUT2D eigenvalue weighted by Crippen LogP contribution is 2.33.